The van der Waals surface area contributed by atoms with E-state index in [-0.39, 0.29) is 18.4 Å². The number of amides is 2. The molecule has 1 aromatic rings. The second kappa shape index (κ2) is 7.87. The average molecular weight is 299 g/mol. The fourth-order valence-electron chi connectivity index (χ4n) is 1.62. The van der Waals surface area contributed by atoms with Gasteiger partial charge in [-0.15, -0.1) is 0 Å². The third kappa shape index (κ3) is 6.04. The third-order valence-corrected chi connectivity index (χ3v) is 3.07. The van der Waals surface area contributed by atoms with Crippen LogP contribution >= 0.6 is 11.6 Å². The molecule has 2 N–H and O–H groups in total. The van der Waals surface area contributed by atoms with Crippen LogP contribution in [-0.4, -0.2) is 50.9 Å². The van der Waals surface area contributed by atoms with Crippen LogP contribution in [0.1, 0.15) is 5.56 Å². The molecule has 1 aromatic carbocycles. The van der Waals surface area contributed by atoms with Gasteiger partial charge in [-0.05, 0) is 17.7 Å². The first kappa shape index (κ1) is 16.5. The minimum Gasteiger partial charge on any atom is -0.347 e. The van der Waals surface area contributed by atoms with Gasteiger partial charge >= 0.3 is 0 Å². The van der Waals surface area contributed by atoms with Crippen molar-refractivity contribution in [2.24, 2.45) is 0 Å². The number of nitrogens with one attached hydrogen (secondary N) is 2. The molecular formula is C14H21ClN3O2+. The van der Waals surface area contributed by atoms with Crippen molar-refractivity contribution in [1.82, 2.24) is 10.2 Å². The Hall–Kier alpha value is -1.59. The zero-order chi connectivity index (χ0) is 15.1. The number of carbonyl (C=O) groups is 2. The first-order valence-corrected chi connectivity index (χ1v) is 6.79. The molecule has 5 nitrogen and oxygen atoms in total. The van der Waals surface area contributed by atoms with Gasteiger partial charge in [-0.25, -0.2) is 0 Å². The second-order valence-corrected chi connectivity index (χ2v) is 5.44. The van der Waals surface area contributed by atoms with E-state index in [1.54, 1.807) is 26.2 Å². The Morgan fingerprint density at radius 2 is 1.80 bits per heavy atom. The molecule has 1 unspecified atom stereocenters. The predicted molar refractivity (Wildman–Crippen MR) is 78.6 cm³/mol. The molecule has 0 saturated carbocycles. The number of benzene rings is 1. The van der Waals surface area contributed by atoms with Gasteiger partial charge in [0, 0.05) is 25.7 Å². The minimum absolute atomic E-state index is 0.00741. The van der Waals surface area contributed by atoms with Gasteiger partial charge in [0.15, 0.2) is 13.1 Å². The van der Waals surface area contributed by atoms with E-state index in [2.05, 4.69) is 5.32 Å². The summed E-state index contributed by atoms with van der Waals surface area (Å²) in [5.74, 6) is -0.0722. The summed E-state index contributed by atoms with van der Waals surface area (Å²) in [6.07, 6.45) is 0. The highest BCUT2D eigenvalue weighted by Crippen LogP contribution is 2.08. The van der Waals surface area contributed by atoms with Crippen LogP contribution in [0.3, 0.4) is 0 Å². The summed E-state index contributed by atoms with van der Waals surface area (Å²) in [5.41, 5.74) is 0.991. The molecule has 0 saturated heterocycles. The summed E-state index contributed by atoms with van der Waals surface area (Å²) in [4.78, 5) is 25.7. The monoisotopic (exact) mass is 298 g/mol. The van der Waals surface area contributed by atoms with Crippen LogP contribution < -0.4 is 10.2 Å². The van der Waals surface area contributed by atoms with Crippen molar-refractivity contribution < 1.29 is 14.5 Å². The molecule has 0 spiro atoms. The average Bonchev–Trinajstić information content (AvgIpc) is 2.37. The maximum Gasteiger partial charge on any atom is 0.277 e. The highest BCUT2D eigenvalue weighted by Gasteiger charge is 2.14. The number of hydrogen-bond acceptors (Lipinski definition) is 2. The number of likely N-dealkylation sites (N-methyl/N-ethyl adjacent to an activating group) is 2. The van der Waals surface area contributed by atoms with Crippen molar-refractivity contribution in [3.63, 3.8) is 0 Å². The van der Waals surface area contributed by atoms with Crippen molar-refractivity contribution in [3.8, 4) is 0 Å². The van der Waals surface area contributed by atoms with E-state index in [4.69, 9.17) is 11.6 Å². The van der Waals surface area contributed by atoms with Gasteiger partial charge in [-0.3, -0.25) is 9.59 Å². The molecule has 0 aliphatic heterocycles. The number of hydrogen-bond donors (Lipinski definition) is 2. The lowest BCUT2D eigenvalue weighted by molar-refractivity contribution is -0.862. The van der Waals surface area contributed by atoms with Crippen molar-refractivity contribution in [2.75, 3.05) is 34.2 Å². The van der Waals surface area contributed by atoms with Crippen molar-refractivity contribution in [2.45, 2.75) is 6.54 Å². The summed E-state index contributed by atoms with van der Waals surface area (Å²) in [6, 6.07) is 7.32. The molecule has 1 rings (SSSR count). The largest absolute Gasteiger partial charge is 0.347 e. The fourth-order valence-corrected chi connectivity index (χ4v) is 1.74. The molecule has 0 aromatic heterocycles. The summed E-state index contributed by atoms with van der Waals surface area (Å²) in [6.45, 7) is 1.04. The van der Waals surface area contributed by atoms with E-state index >= 15 is 0 Å². The van der Waals surface area contributed by atoms with Crippen molar-refractivity contribution in [1.29, 1.82) is 0 Å². The van der Waals surface area contributed by atoms with Gasteiger partial charge in [0.25, 0.3) is 11.8 Å². The number of carbonyl (C=O) groups excluding carboxylic acids is 2. The molecule has 0 radical (unpaired) electrons. The molecule has 0 aliphatic carbocycles. The summed E-state index contributed by atoms with van der Waals surface area (Å²) in [7, 11) is 5.23. The van der Waals surface area contributed by atoms with Crippen LogP contribution in [0.2, 0.25) is 5.02 Å². The Kier molecular flexibility index (Phi) is 6.48. The summed E-state index contributed by atoms with van der Waals surface area (Å²) in [5, 5.41) is 3.50. The number of nitrogens with zero attached hydrogens (tertiary/aromatic N) is 1. The Labute approximate surface area is 124 Å². The van der Waals surface area contributed by atoms with E-state index in [1.165, 1.54) is 4.90 Å². The van der Waals surface area contributed by atoms with Gasteiger partial charge in [0.1, 0.15) is 0 Å². The van der Waals surface area contributed by atoms with E-state index in [0.29, 0.717) is 18.1 Å². The maximum absolute atomic E-state index is 11.8. The Morgan fingerprint density at radius 1 is 1.20 bits per heavy atom. The smallest absolute Gasteiger partial charge is 0.277 e. The van der Waals surface area contributed by atoms with Crippen molar-refractivity contribution >= 4 is 23.4 Å². The molecule has 2 amide bonds. The predicted octanol–water partition coefficient (Wildman–Crippen LogP) is -0.441. The molecule has 1 atom stereocenters. The molecule has 0 heterocycles. The summed E-state index contributed by atoms with van der Waals surface area (Å²) < 4.78 is 0. The van der Waals surface area contributed by atoms with Crippen LogP contribution in [0.25, 0.3) is 0 Å². The van der Waals surface area contributed by atoms with Gasteiger partial charge < -0.3 is 15.1 Å². The van der Waals surface area contributed by atoms with E-state index in [0.717, 1.165) is 10.5 Å². The third-order valence-electron chi connectivity index (χ3n) is 2.82. The van der Waals surface area contributed by atoms with Gasteiger partial charge in [0.05, 0.1) is 7.05 Å². The van der Waals surface area contributed by atoms with E-state index in [1.807, 2.05) is 19.2 Å². The molecule has 110 valence electrons. The number of quaternary nitrogens is 1. The Balaban J connectivity index is 2.32. The number of rotatable bonds is 6. The van der Waals surface area contributed by atoms with Crippen LogP contribution in [0, 0.1) is 0 Å². The number of halogens is 1. The van der Waals surface area contributed by atoms with Crippen molar-refractivity contribution in [3.05, 3.63) is 34.9 Å². The van der Waals surface area contributed by atoms with Gasteiger partial charge in [-0.1, -0.05) is 23.7 Å². The fraction of sp³-hybridized carbons (Fsp3) is 0.429. The van der Waals surface area contributed by atoms with Crippen LogP contribution in [0.15, 0.2) is 24.3 Å². The van der Waals surface area contributed by atoms with E-state index < -0.39 is 0 Å². The standard InChI is InChI=1S/C14H20ClN3O2/c1-17(2)14(20)10-18(3)9-13(19)16-8-11-4-6-12(15)7-5-11/h4-7H,8-10H2,1-3H3,(H,16,19)/p+1. The molecule has 0 bridgehead atoms. The highest BCUT2D eigenvalue weighted by molar-refractivity contribution is 6.30. The second-order valence-electron chi connectivity index (χ2n) is 5.00. The highest BCUT2D eigenvalue weighted by atomic mass is 35.5. The molecule has 6 heteroatoms. The van der Waals surface area contributed by atoms with E-state index in [9.17, 15) is 9.59 Å². The first-order valence-electron chi connectivity index (χ1n) is 6.41. The lowest BCUT2D eigenvalue weighted by Gasteiger charge is -2.16. The molecular weight excluding hydrogens is 278 g/mol. The molecule has 0 fully saturated rings. The summed E-state index contributed by atoms with van der Waals surface area (Å²) >= 11 is 5.79. The topological polar surface area (TPSA) is 53.9 Å². The van der Waals surface area contributed by atoms with Gasteiger partial charge in [-0.2, -0.15) is 0 Å². The molecule has 0 aliphatic rings. The van der Waals surface area contributed by atoms with Crippen LogP contribution in [0.4, 0.5) is 0 Å². The lowest BCUT2D eigenvalue weighted by atomic mass is 10.2. The maximum atomic E-state index is 11.8. The molecule has 20 heavy (non-hydrogen) atoms. The quantitative estimate of drug-likeness (QED) is 0.748. The SMILES string of the molecule is CN(C)C(=O)C[NH+](C)CC(=O)NCc1ccc(Cl)cc1. The first-order chi connectivity index (χ1) is 9.38. The zero-order valence-corrected chi connectivity index (χ0v) is 12.8. The Bertz CT molecular complexity index is 460. The normalized spacial score (nSPS) is 11.8. The van der Waals surface area contributed by atoms with Gasteiger partial charge in [0.2, 0.25) is 0 Å². The zero-order valence-electron chi connectivity index (χ0n) is 12.1. The Morgan fingerprint density at radius 3 is 2.35 bits per heavy atom. The van der Waals surface area contributed by atoms with Crippen LogP contribution in [0.5, 0.6) is 0 Å². The van der Waals surface area contributed by atoms with Crippen LogP contribution in [-0.2, 0) is 16.1 Å². The lowest BCUT2D eigenvalue weighted by Crippen LogP contribution is -3.11. The minimum atomic E-state index is -0.0796.